The number of fused-ring (bicyclic) bond motifs is 1. The maximum atomic E-state index is 12.6. The molecule has 0 radical (unpaired) electrons. The van der Waals surface area contributed by atoms with E-state index in [0.29, 0.717) is 12.8 Å². The highest BCUT2D eigenvalue weighted by molar-refractivity contribution is 8.04. The number of rotatable bonds is 9. The highest BCUT2D eigenvalue weighted by Gasteiger charge is 2.36. The van der Waals surface area contributed by atoms with Gasteiger partial charge in [0.05, 0.1) is 7.77 Å². The molecule has 2 atom stereocenters. The van der Waals surface area contributed by atoms with Crippen LogP contribution in [-0.4, -0.2) is 33.1 Å². The summed E-state index contributed by atoms with van der Waals surface area (Å²) in [6.07, 6.45) is 1.17. The molecule has 3 aromatic rings. The summed E-state index contributed by atoms with van der Waals surface area (Å²) in [5.74, 6) is -0.252. The maximum Gasteiger partial charge on any atom is 0.343 e. The minimum absolute atomic E-state index is 0.0250. The second-order valence-corrected chi connectivity index (χ2v) is 9.72. The number of thioether (sulfide) groups is 1. The van der Waals surface area contributed by atoms with E-state index in [-0.39, 0.29) is 11.9 Å². The van der Waals surface area contributed by atoms with Gasteiger partial charge in [0.1, 0.15) is 5.80 Å². The molecule has 0 aromatic heterocycles. The Balaban J connectivity index is 1.65. The van der Waals surface area contributed by atoms with E-state index in [0.717, 1.165) is 27.0 Å². The molecule has 0 saturated heterocycles. The molecule has 29 heavy (non-hydrogen) atoms. The second kappa shape index (κ2) is 10.0. The summed E-state index contributed by atoms with van der Waals surface area (Å²) < 4.78 is 0. The molecule has 6 heteroatoms. The number of hydrogen-bond acceptors (Lipinski definition) is 4. The first-order valence-electron chi connectivity index (χ1n) is 9.38. The fraction of sp³-hybridized carbons (Fsp3) is 0.217. The van der Waals surface area contributed by atoms with Crippen molar-refractivity contribution < 1.29 is 19.9 Å². The standard InChI is InChI=1S/C23H23O4PS/c24-22(25)23(26,15-7-10-18-8-2-1-3-9-18)16-28(27)17-29-21-14-6-12-19-11-4-5-13-20(19)21/h1-6,8-9,11-14,16,26H,7,10,15,17H2,(H,24,25). The third-order valence-corrected chi connectivity index (χ3v) is 7.61. The average Bonchev–Trinajstić information content (AvgIpc) is 2.73. The highest BCUT2D eigenvalue weighted by Crippen LogP contribution is 2.33. The van der Waals surface area contributed by atoms with E-state index in [9.17, 15) is 19.9 Å². The van der Waals surface area contributed by atoms with Crippen LogP contribution in [0, 0.1) is 0 Å². The molecule has 0 aliphatic heterocycles. The lowest BCUT2D eigenvalue weighted by Crippen LogP contribution is -2.40. The fourth-order valence-corrected chi connectivity index (χ4v) is 5.76. The molecule has 4 nitrogen and oxygen atoms in total. The Labute approximate surface area is 175 Å². The zero-order valence-corrected chi connectivity index (χ0v) is 17.6. The Morgan fingerprint density at radius 1 is 1.03 bits per heavy atom. The van der Waals surface area contributed by atoms with Crippen LogP contribution in [0.3, 0.4) is 0 Å². The summed E-state index contributed by atoms with van der Waals surface area (Å²) in [7, 11) is -1.99. The summed E-state index contributed by atoms with van der Waals surface area (Å²) in [6.45, 7) is 0. The zero-order chi connectivity index (χ0) is 20.7. The summed E-state index contributed by atoms with van der Waals surface area (Å²) >= 11 is 1.41. The van der Waals surface area contributed by atoms with Crippen LogP contribution in [0.4, 0.5) is 0 Å². The molecule has 2 N–H and O–H groups in total. The van der Waals surface area contributed by atoms with Gasteiger partial charge in [0, 0.05) is 4.90 Å². The molecule has 3 rings (SSSR count). The van der Waals surface area contributed by atoms with Gasteiger partial charge in [-0.05, 0) is 41.7 Å². The molecule has 0 bridgehead atoms. The van der Waals surface area contributed by atoms with Gasteiger partial charge in [0.25, 0.3) is 0 Å². The Morgan fingerprint density at radius 2 is 1.72 bits per heavy atom. The number of carboxylic acids is 1. The van der Waals surface area contributed by atoms with Crippen molar-refractivity contribution in [3.8, 4) is 0 Å². The second-order valence-electron chi connectivity index (χ2n) is 6.87. The van der Waals surface area contributed by atoms with Crippen LogP contribution in [0.2, 0.25) is 0 Å². The molecule has 0 heterocycles. The number of benzene rings is 3. The summed E-state index contributed by atoms with van der Waals surface area (Å²) in [5.41, 5.74) is -0.782. The Hall–Kier alpha value is -2.17. The summed E-state index contributed by atoms with van der Waals surface area (Å²) in [6, 6.07) is 23.5. The van der Waals surface area contributed by atoms with Gasteiger partial charge >= 0.3 is 5.97 Å². The van der Waals surface area contributed by atoms with Gasteiger partial charge in [0.2, 0.25) is 5.60 Å². The Bertz CT molecular complexity index is 1000. The predicted molar refractivity (Wildman–Crippen MR) is 120 cm³/mol. The van der Waals surface area contributed by atoms with Crippen LogP contribution in [0.25, 0.3) is 10.8 Å². The largest absolute Gasteiger partial charge is 0.630 e. The Kier molecular flexibility index (Phi) is 7.45. The fourth-order valence-electron chi connectivity index (χ4n) is 3.16. The molecular formula is C23H23O4PS. The van der Waals surface area contributed by atoms with Crippen LogP contribution in [0.1, 0.15) is 18.4 Å². The highest BCUT2D eigenvalue weighted by atomic mass is 32.2. The smallest absolute Gasteiger partial charge is 0.343 e. The molecule has 0 spiro atoms. The van der Waals surface area contributed by atoms with Crippen LogP contribution in [-0.2, 0) is 11.2 Å². The van der Waals surface area contributed by atoms with E-state index in [1.54, 1.807) is 0 Å². The third-order valence-electron chi connectivity index (χ3n) is 4.69. The van der Waals surface area contributed by atoms with Gasteiger partial charge in [-0.1, -0.05) is 78.5 Å². The van der Waals surface area contributed by atoms with E-state index in [1.807, 2.05) is 72.8 Å². The van der Waals surface area contributed by atoms with E-state index in [2.05, 4.69) is 0 Å². The number of aliphatic carboxylic acids is 1. The summed E-state index contributed by atoms with van der Waals surface area (Å²) in [5, 5.41) is 22.2. The number of hydrogen-bond donors (Lipinski definition) is 2. The van der Waals surface area contributed by atoms with Gasteiger partial charge in [0.15, 0.2) is 5.49 Å². The minimum atomic E-state index is -2.08. The van der Waals surface area contributed by atoms with Crippen LogP contribution < -0.4 is 4.89 Å². The normalized spacial score (nSPS) is 13.9. The molecule has 150 valence electrons. The number of aryl methyl sites for hydroxylation is 1. The monoisotopic (exact) mass is 426 g/mol. The first-order chi connectivity index (χ1) is 14.0. The minimum Gasteiger partial charge on any atom is -0.630 e. The van der Waals surface area contributed by atoms with Gasteiger partial charge in [-0.25, -0.2) is 4.79 Å². The van der Waals surface area contributed by atoms with Gasteiger partial charge < -0.3 is 15.1 Å². The van der Waals surface area contributed by atoms with Gasteiger partial charge in [-0.15, -0.1) is 0 Å². The molecule has 3 aromatic carbocycles. The zero-order valence-electron chi connectivity index (χ0n) is 15.9. The SMILES string of the molecule is O=C(O)C(O)(C=[P+]([O-])CSc1cccc2ccccc12)CCCc1ccccc1. The van der Waals surface area contributed by atoms with Crippen LogP contribution in [0.5, 0.6) is 0 Å². The van der Waals surface area contributed by atoms with Crippen molar-refractivity contribution in [3.63, 3.8) is 0 Å². The molecule has 2 unspecified atom stereocenters. The van der Waals surface area contributed by atoms with E-state index >= 15 is 0 Å². The molecular weight excluding hydrogens is 403 g/mol. The lowest BCUT2D eigenvalue weighted by atomic mass is 9.97. The van der Waals surface area contributed by atoms with Crippen LogP contribution >= 0.6 is 19.5 Å². The third kappa shape index (κ3) is 5.91. The topological polar surface area (TPSA) is 80.6 Å². The molecule has 0 amide bonds. The van der Waals surface area contributed by atoms with E-state index in [1.165, 1.54) is 11.8 Å². The maximum absolute atomic E-state index is 12.6. The predicted octanol–water partition coefficient (Wildman–Crippen LogP) is 4.29. The summed E-state index contributed by atoms with van der Waals surface area (Å²) in [4.78, 5) is 25.2. The lowest BCUT2D eigenvalue weighted by molar-refractivity contribution is -0.155. The number of carbonyl (C=O) groups is 1. The average molecular weight is 426 g/mol. The van der Waals surface area contributed by atoms with Crippen molar-refractivity contribution in [2.75, 3.05) is 5.49 Å². The first-order valence-corrected chi connectivity index (χ1v) is 11.9. The van der Waals surface area contributed by atoms with Crippen molar-refractivity contribution in [1.82, 2.24) is 0 Å². The van der Waals surface area contributed by atoms with Gasteiger partial charge in [-0.2, -0.15) is 0 Å². The molecule has 0 saturated carbocycles. The van der Waals surface area contributed by atoms with E-state index < -0.39 is 19.3 Å². The van der Waals surface area contributed by atoms with Crippen LogP contribution in [0.15, 0.2) is 77.7 Å². The number of carboxylic acid groups (broad SMARTS) is 1. The van der Waals surface area contributed by atoms with Gasteiger partial charge in [-0.3, -0.25) is 0 Å². The first kappa shape index (κ1) is 21.5. The Morgan fingerprint density at radius 3 is 2.48 bits per heavy atom. The molecule has 0 aliphatic rings. The van der Waals surface area contributed by atoms with Crippen molar-refractivity contribution in [3.05, 3.63) is 78.4 Å². The van der Waals surface area contributed by atoms with E-state index in [4.69, 9.17) is 0 Å². The molecule has 0 fully saturated rings. The quantitative estimate of drug-likeness (QED) is 0.394. The number of aliphatic hydroxyl groups is 1. The van der Waals surface area contributed by atoms with Crippen molar-refractivity contribution >= 4 is 42.1 Å². The lowest BCUT2D eigenvalue weighted by Gasteiger charge is -2.18. The van der Waals surface area contributed by atoms with Crippen molar-refractivity contribution in [2.45, 2.75) is 29.8 Å². The van der Waals surface area contributed by atoms with Crippen molar-refractivity contribution in [1.29, 1.82) is 0 Å². The molecule has 0 aliphatic carbocycles. The van der Waals surface area contributed by atoms with Crippen molar-refractivity contribution in [2.24, 2.45) is 0 Å².